The molecule has 2 fully saturated rings. The number of rotatable bonds is 3. The quantitative estimate of drug-likeness (QED) is 0.387. The zero-order chi connectivity index (χ0) is 18.8. The van der Waals surface area contributed by atoms with Gasteiger partial charge in [0.1, 0.15) is 0 Å². The van der Waals surface area contributed by atoms with Gasteiger partial charge in [0.25, 0.3) is 0 Å². The smallest absolute Gasteiger partial charge is 0.193 e. The monoisotopic (exact) mass is 507 g/mol. The van der Waals surface area contributed by atoms with Gasteiger partial charge >= 0.3 is 0 Å². The van der Waals surface area contributed by atoms with E-state index in [0.717, 1.165) is 25.5 Å². The Morgan fingerprint density at radius 3 is 2.67 bits per heavy atom. The van der Waals surface area contributed by atoms with Crippen LogP contribution in [0.15, 0.2) is 35.3 Å². The highest BCUT2D eigenvalue weighted by Gasteiger charge is 2.41. The molecule has 2 heterocycles. The molecule has 2 saturated heterocycles. The molecule has 0 spiro atoms. The largest absolute Gasteiger partial charge is 0.373 e. The lowest BCUT2D eigenvalue weighted by atomic mass is 9.95. The van der Waals surface area contributed by atoms with E-state index in [2.05, 4.69) is 22.4 Å². The van der Waals surface area contributed by atoms with Crippen molar-refractivity contribution >= 4 is 39.8 Å². The van der Waals surface area contributed by atoms with Crippen LogP contribution in [0.4, 0.5) is 0 Å². The number of sulfone groups is 1. The number of hydrogen-bond acceptors (Lipinski definition) is 4. The van der Waals surface area contributed by atoms with E-state index in [1.807, 2.05) is 23.1 Å². The molecule has 6 nitrogen and oxygen atoms in total. The summed E-state index contributed by atoms with van der Waals surface area (Å²) < 4.78 is 29.6. The van der Waals surface area contributed by atoms with Crippen molar-refractivity contribution in [3.8, 4) is 0 Å². The fourth-order valence-corrected chi connectivity index (χ4v) is 5.10. The summed E-state index contributed by atoms with van der Waals surface area (Å²) in [7, 11) is -1.31. The van der Waals surface area contributed by atoms with Crippen molar-refractivity contribution in [3.05, 3.63) is 35.9 Å². The van der Waals surface area contributed by atoms with Crippen LogP contribution in [0.25, 0.3) is 0 Å². The first-order chi connectivity index (χ1) is 12.3. The number of aliphatic imine (C=N–C) groups is 1. The van der Waals surface area contributed by atoms with E-state index >= 15 is 0 Å². The summed E-state index contributed by atoms with van der Waals surface area (Å²) in [5, 5.41) is 3.45. The van der Waals surface area contributed by atoms with Gasteiger partial charge in [-0.1, -0.05) is 30.3 Å². The number of hydrogen-bond donors (Lipinski definition) is 1. The summed E-state index contributed by atoms with van der Waals surface area (Å²) in [4.78, 5) is 6.43. The van der Waals surface area contributed by atoms with Gasteiger partial charge in [-0.2, -0.15) is 0 Å². The van der Waals surface area contributed by atoms with Crippen molar-refractivity contribution in [2.24, 2.45) is 10.9 Å². The van der Waals surface area contributed by atoms with E-state index < -0.39 is 14.6 Å². The second kappa shape index (κ2) is 9.09. The Labute approximate surface area is 179 Å². The Morgan fingerprint density at radius 2 is 2.04 bits per heavy atom. The maximum absolute atomic E-state index is 12.2. The lowest BCUT2D eigenvalue weighted by Crippen LogP contribution is -2.57. The molecular formula is C19H30IN3O3S. The third kappa shape index (κ3) is 4.95. The molecule has 0 aromatic heterocycles. The number of halogens is 1. The first-order valence-corrected chi connectivity index (χ1v) is 10.8. The van der Waals surface area contributed by atoms with Gasteiger partial charge in [0.15, 0.2) is 15.8 Å². The SMILES string of the molecule is CN=C(NCC1CCOC1c1ccccc1)N1CCS(=O)(=O)C(C)(C)C1.I. The zero-order valence-electron chi connectivity index (χ0n) is 16.2. The van der Waals surface area contributed by atoms with Gasteiger partial charge in [-0.05, 0) is 25.8 Å². The van der Waals surface area contributed by atoms with Crippen LogP contribution in [0.2, 0.25) is 0 Å². The van der Waals surface area contributed by atoms with E-state index in [-0.39, 0.29) is 35.8 Å². The summed E-state index contributed by atoms with van der Waals surface area (Å²) >= 11 is 0. The molecule has 2 aliphatic rings. The van der Waals surface area contributed by atoms with Crippen LogP contribution in [-0.2, 0) is 14.6 Å². The van der Waals surface area contributed by atoms with Crippen LogP contribution in [0.5, 0.6) is 0 Å². The van der Waals surface area contributed by atoms with E-state index in [9.17, 15) is 8.42 Å². The lowest BCUT2D eigenvalue weighted by Gasteiger charge is -2.39. The minimum atomic E-state index is -3.06. The molecule has 1 N–H and O–H groups in total. The molecule has 0 radical (unpaired) electrons. The number of nitrogens with one attached hydrogen (secondary N) is 1. The van der Waals surface area contributed by atoms with E-state index in [0.29, 0.717) is 19.0 Å². The number of ether oxygens (including phenoxy) is 1. The number of nitrogens with zero attached hydrogens (tertiary/aromatic N) is 2. The van der Waals surface area contributed by atoms with Crippen molar-refractivity contribution in [3.63, 3.8) is 0 Å². The molecule has 2 unspecified atom stereocenters. The second-order valence-corrected chi connectivity index (χ2v) is 10.4. The van der Waals surface area contributed by atoms with Gasteiger partial charge in [0.05, 0.1) is 16.6 Å². The molecule has 0 bridgehead atoms. The standard InChI is InChI=1S/C19H29N3O3S.HI/c1-19(2)14-22(10-12-26(19,23)24)18(20-3)21-13-16-9-11-25-17(16)15-7-5-4-6-8-15;/h4-8,16-17H,9-14H2,1-3H3,(H,20,21);1H. The van der Waals surface area contributed by atoms with E-state index in [1.54, 1.807) is 20.9 Å². The Kier molecular flexibility index (Phi) is 7.54. The van der Waals surface area contributed by atoms with Gasteiger partial charge in [-0.15, -0.1) is 24.0 Å². The van der Waals surface area contributed by atoms with Crippen LogP contribution >= 0.6 is 24.0 Å². The summed E-state index contributed by atoms with van der Waals surface area (Å²) in [6, 6.07) is 10.3. The molecule has 0 saturated carbocycles. The summed E-state index contributed by atoms with van der Waals surface area (Å²) in [5.74, 6) is 1.31. The predicted octanol–water partition coefficient (Wildman–Crippen LogP) is 2.47. The summed E-state index contributed by atoms with van der Waals surface area (Å²) in [5.41, 5.74) is 1.21. The minimum Gasteiger partial charge on any atom is -0.373 e. The predicted molar refractivity (Wildman–Crippen MR) is 119 cm³/mol. The van der Waals surface area contributed by atoms with Crippen molar-refractivity contribution in [2.75, 3.05) is 39.0 Å². The van der Waals surface area contributed by atoms with E-state index in [4.69, 9.17) is 4.74 Å². The van der Waals surface area contributed by atoms with Crippen LogP contribution in [-0.4, -0.2) is 63.1 Å². The molecule has 1 aromatic carbocycles. The highest BCUT2D eigenvalue weighted by Crippen LogP contribution is 2.34. The number of benzene rings is 1. The zero-order valence-corrected chi connectivity index (χ0v) is 19.4. The van der Waals surface area contributed by atoms with E-state index in [1.165, 1.54) is 5.56 Å². The number of guanidine groups is 1. The lowest BCUT2D eigenvalue weighted by molar-refractivity contribution is 0.0913. The summed E-state index contributed by atoms with van der Waals surface area (Å²) in [6.07, 6.45) is 1.10. The first-order valence-electron chi connectivity index (χ1n) is 9.18. The second-order valence-electron chi connectivity index (χ2n) is 7.68. The molecule has 3 rings (SSSR count). The van der Waals surface area contributed by atoms with Crippen molar-refractivity contribution in [2.45, 2.75) is 31.1 Å². The minimum absolute atomic E-state index is 0. The highest BCUT2D eigenvalue weighted by molar-refractivity contribution is 14.0. The highest BCUT2D eigenvalue weighted by atomic mass is 127. The molecule has 152 valence electrons. The Bertz CT molecular complexity index is 753. The third-order valence-electron chi connectivity index (χ3n) is 5.42. The van der Waals surface area contributed by atoms with Gasteiger partial charge in [-0.3, -0.25) is 4.99 Å². The van der Waals surface area contributed by atoms with Gasteiger partial charge in [0, 0.05) is 39.2 Å². The molecule has 8 heteroatoms. The van der Waals surface area contributed by atoms with Crippen LogP contribution in [0, 0.1) is 5.92 Å². The van der Waals surface area contributed by atoms with Gasteiger partial charge in [0.2, 0.25) is 0 Å². The van der Waals surface area contributed by atoms with Crippen molar-refractivity contribution < 1.29 is 13.2 Å². The Balaban J connectivity index is 0.00000261. The normalized spacial score (nSPS) is 27.1. The molecule has 0 amide bonds. The van der Waals surface area contributed by atoms with Crippen LogP contribution in [0.1, 0.15) is 31.9 Å². The first kappa shape index (κ1) is 22.4. The molecule has 27 heavy (non-hydrogen) atoms. The third-order valence-corrected chi connectivity index (χ3v) is 7.95. The topological polar surface area (TPSA) is 71.0 Å². The Morgan fingerprint density at radius 1 is 1.33 bits per heavy atom. The molecule has 0 aliphatic carbocycles. The fraction of sp³-hybridized carbons (Fsp3) is 0.632. The fourth-order valence-electron chi connectivity index (χ4n) is 3.73. The maximum Gasteiger partial charge on any atom is 0.193 e. The van der Waals surface area contributed by atoms with Crippen molar-refractivity contribution in [1.29, 1.82) is 0 Å². The molecule has 2 aliphatic heterocycles. The van der Waals surface area contributed by atoms with Gasteiger partial charge < -0.3 is 15.0 Å². The summed E-state index contributed by atoms with van der Waals surface area (Å²) in [6.45, 7) is 6.04. The molecule has 1 aromatic rings. The average Bonchev–Trinajstić information content (AvgIpc) is 3.08. The van der Waals surface area contributed by atoms with Gasteiger partial charge in [-0.25, -0.2) is 8.42 Å². The van der Waals surface area contributed by atoms with Crippen LogP contribution in [0.3, 0.4) is 0 Å². The van der Waals surface area contributed by atoms with Crippen LogP contribution < -0.4 is 5.32 Å². The Hall–Kier alpha value is -0.870. The molecule has 2 atom stereocenters. The van der Waals surface area contributed by atoms with Crippen molar-refractivity contribution in [1.82, 2.24) is 10.2 Å². The average molecular weight is 507 g/mol. The molecular weight excluding hydrogens is 477 g/mol. The maximum atomic E-state index is 12.2.